The van der Waals surface area contributed by atoms with Crippen LogP contribution in [0.2, 0.25) is 0 Å². The molecule has 5 aliphatic rings. The van der Waals surface area contributed by atoms with Gasteiger partial charge in [0, 0.05) is 24.6 Å². The summed E-state index contributed by atoms with van der Waals surface area (Å²) in [5.41, 5.74) is 3.69. The average molecular weight is 434 g/mol. The van der Waals surface area contributed by atoms with Gasteiger partial charge in [0.2, 0.25) is 0 Å². The number of allylic oxidation sites excluding steroid dienone is 1. The van der Waals surface area contributed by atoms with Crippen molar-refractivity contribution in [3.63, 3.8) is 0 Å². The highest BCUT2D eigenvalue weighted by atomic mass is 16.5. The van der Waals surface area contributed by atoms with E-state index in [1.54, 1.807) is 0 Å². The molecule has 4 nitrogen and oxygen atoms in total. The van der Waals surface area contributed by atoms with Crippen LogP contribution < -0.4 is 0 Å². The summed E-state index contributed by atoms with van der Waals surface area (Å²) in [5.74, 6) is 2.95. The number of aryl methyl sites for hydroxylation is 1. The van der Waals surface area contributed by atoms with Crippen molar-refractivity contribution < 1.29 is 14.6 Å². The second-order valence-corrected chi connectivity index (χ2v) is 11.2. The minimum absolute atomic E-state index is 0.0332. The van der Waals surface area contributed by atoms with Gasteiger partial charge in [0.25, 0.3) is 0 Å². The Balaban J connectivity index is 1.16. The Hall–Kier alpha value is -2.23. The number of benzene rings is 1. The lowest BCUT2D eigenvalue weighted by atomic mass is 9.55. The van der Waals surface area contributed by atoms with Crippen LogP contribution in [-0.4, -0.2) is 28.6 Å². The molecule has 170 valence electrons. The van der Waals surface area contributed by atoms with E-state index in [-0.39, 0.29) is 17.5 Å². The first-order valence-corrected chi connectivity index (χ1v) is 12.7. The smallest absolute Gasteiger partial charge is 0.336 e. The molecule has 0 saturated heterocycles. The van der Waals surface area contributed by atoms with E-state index < -0.39 is 0 Å². The molecule has 3 saturated carbocycles. The molecule has 1 heterocycles. The topological polar surface area (TPSA) is 49.8 Å². The fraction of sp³-hybridized carbons (Fsp3) is 0.607. The van der Waals surface area contributed by atoms with Gasteiger partial charge in [0.05, 0.1) is 5.57 Å². The fourth-order valence-electron chi connectivity index (χ4n) is 7.38. The van der Waals surface area contributed by atoms with Crippen LogP contribution in [0.3, 0.4) is 0 Å². The van der Waals surface area contributed by atoms with Gasteiger partial charge in [-0.3, -0.25) is 0 Å². The summed E-state index contributed by atoms with van der Waals surface area (Å²) in [6.45, 7) is 3.42. The van der Waals surface area contributed by atoms with Crippen molar-refractivity contribution in [1.29, 1.82) is 0 Å². The van der Waals surface area contributed by atoms with Gasteiger partial charge in [-0.2, -0.15) is 0 Å². The predicted octanol–water partition coefficient (Wildman–Crippen LogP) is 5.67. The fourth-order valence-corrected chi connectivity index (χ4v) is 7.38. The molecule has 0 radical (unpaired) electrons. The van der Waals surface area contributed by atoms with Crippen molar-refractivity contribution in [3.8, 4) is 5.75 Å². The van der Waals surface area contributed by atoms with Crippen LogP contribution >= 0.6 is 0 Å². The Labute approximate surface area is 191 Å². The molecule has 1 aliphatic heterocycles. The zero-order valence-electron chi connectivity index (χ0n) is 19.1. The van der Waals surface area contributed by atoms with E-state index in [0.29, 0.717) is 29.9 Å². The second-order valence-electron chi connectivity index (χ2n) is 11.2. The van der Waals surface area contributed by atoms with E-state index in [1.165, 1.54) is 30.4 Å². The normalized spacial score (nSPS) is 35.5. The van der Waals surface area contributed by atoms with Gasteiger partial charge in [0.15, 0.2) is 0 Å². The van der Waals surface area contributed by atoms with Crippen molar-refractivity contribution >= 4 is 5.97 Å². The van der Waals surface area contributed by atoms with Crippen LogP contribution in [0.4, 0.5) is 0 Å². The van der Waals surface area contributed by atoms with Gasteiger partial charge in [-0.1, -0.05) is 19.1 Å². The van der Waals surface area contributed by atoms with E-state index in [4.69, 9.17) is 4.74 Å². The van der Waals surface area contributed by atoms with E-state index in [1.807, 2.05) is 18.3 Å². The molecule has 0 unspecified atom stereocenters. The van der Waals surface area contributed by atoms with E-state index >= 15 is 0 Å². The van der Waals surface area contributed by atoms with Crippen molar-refractivity contribution in [2.24, 2.45) is 23.2 Å². The molecule has 6 rings (SSSR count). The molecule has 0 spiro atoms. The van der Waals surface area contributed by atoms with Gasteiger partial charge in [-0.15, -0.1) is 0 Å². The van der Waals surface area contributed by atoms with Crippen LogP contribution in [0, 0.1) is 23.2 Å². The first-order chi connectivity index (χ1) is 15.5. The van der Waals surface area contributed by atoms with Crippen LogP contribution in [0.25, 0.3) is 0 Å². The van der Waals surface area contributed by atoms with Crippen LogP contribution in [0.1, 0.15) is 75.3 Å². The number of aromatic hydroxyl groups is 1. The highest BCUT2D eigenvalue weighted by Gasteiger charge is 2.56. The lowest BCUT2D eigenvalue weighted by molar-refractivity contribution is -0.153. The number of ether oxygens (including phenoxy) is 1. The zero-order valence-corrected chi connectivity index (χ0v) is 19.1. The number of carbonyl (C=O) groups is 1. The largest absolute Gasteiger partial charge is 0.508 e. The Morgan fingerprint density at radius 2 is 2.06 bits per heavy atom. The molecular weight excluding hydrogens is 398 g/mol. The highest BCUT2D eigenvalue weighted by molar-refractivity contribution is 5.89. The molecule has 1 aromatic rings. The maximum atomic E-state index is 13.1. The summed E-state index contributed by atoms with van der Waals surface area (Å²) in [6, 6.07) is 5.98. The molecule has 0 aromatic heterocycles. The molecule has 5 atom stereocenters. The van der Waals surface area contributed by atoms with Gasteiger partial charge >= 0.3 is 5.97 Å². The van der Waals surface area contributed by atoms with Crippen LogP contribution in [-0.2, 0) is 16.0 Å². The molecule has 32 heavy (non-hydrogen) atoms. The summed E-state index contributed by atoms with van der Waals surface area (Å²) in [4.78, 5) is 15.3. The van der Waals surface area contributed by atoms with Gasteiger partial charge in [0.1, 0.15) is 11.9 Å². The SMILES string of the molecule is C[C@]12CC[C@@H]3c4ccc(O)cc4CC[C@H]3[C@@H]1CC[C@H]2OC(=O)C1=CN(CC2CC2)C=CC1. The first kappa shape index (κ1) is 20.4. The Morgan fingerprint density at radius 3 is 2.91 bits per heavy atom. The molecule has 4 aliphatic carbocycles. The molecule has 0 bridgehead atoms. The monoisotopic (exact) mass is 433 g/mol. The summed E-state index contributed by atoms with van der Waals surface area (Å²) < 4.78 is 6.26. The number of phenolic OH excluding ortho intramolecular Hbond substituents is 1. The first-order valence-electron chi connectivity index (χ1n) is 12.7. The number of fused-ring (bicyclic) bond motifs is 5. The molecule has 4 heteroatoms. The van der Waals surface area contributed by atoms with Crippen LogP contribution in [0.5, 0.6) is 5.75 Å². The summed E-state index contributed by atoms with van der Waals surface area (Å²) in [6.07, 6.45) is 16.3. The number of carbonyl (C=O) groups excluding carboxylic acids is 1. The maximum absolute atomic E-state index is 13.1. The van der Waals surface area contributed by atoms with E-state index in [0.717, 1.165) is 50.1 Å². The molecule has 1 N–H and O–H groups in total. The third-order valence-electron chi connectivity index (χ3n) is 9.26. The number of rotatable bonds is 4. The van der Waals surface area contributed by atoms with Crippen molar-refractivity contribution in [2.45, 2.75) is 76.7 Å². The highest BCUT2D eigenvalue weighted by Crippen LogP contribution is 2.61. The summed E-state index contributed by atoms with van der Waals surface area (Å²) in [5, 5.41) is 9.90. The predicted molar refractivity (Wildman–Crippen MR) is 124 cm³/mol. The van der Waals surface area contributed by atoms with Gasteiger partial charge in [-0.25, -0.2) is 4.79 Å². The number of esters is 1. The third-order valence-corrected chi connectivity index (χ3v) is 9.26. The number of nitrogens with zero attached hydrogens (tertiary/aromatic N) is 1. The second kappa shape index (κ2) is 7.67. The zero-order chi connectivity index (χ0) is 21.9. The summed E-state index contributed by atoms with van der Waals surface area (Å²) >= 11 is 0. The van der Waals surface area contributed by atoms with Gasteiger partial charge < -0.3 is 14.7 Å². The minimum Gasteiger partial charge on any atom is -0.508 e. The van der Waals surface area contributed by atoms with Gasteiger partial charge in [-0.05, 0) is 104 Å². The molecule has 1 aromatic carbocycles. The molecule has 0 amide bonds. The number of phenols is 1. The minimum atomic E-state index is -0.103. The van der Waals surface area contributed by atoms with Crippen molar-refractivity contribution in [2.75, 3.05) is 6.54 Å². The summed E-state index contributed by atoms with van der Waals surface area (Å²) in [7, 11) is 0. The Bertz CT molecular complexity index is 977. The average Bonchev–Trinajstić information content (AvgIpc) is 3.54. The maximum Gasteiger partial charge on any atom is 0.336 e. The lowest BCUT2D eigenvalue weighted by Crippen LogP contribution is -2.45. The van der Waals surface area contributed by atoms with Crippen molar-refractivity contribution in [1.82, 2.24) is 4.90 Å². The molecule has 3 fully saturated rings. The Kier molecular flexibility index (Phi) is 4.89. The van der Waals surface area contributed by atoms with Crippen LogP contribution in [0.15, 0.2) is 42.2 Å². The third kappa shape index (κ3) is 3.47. The number of hydrogen-bond acceptors (Lipinski definition) is 4. The Morgan fingerprint density at radius 1 is 1.19 bits per heavy atom. The van der Waals surface area contributed by atoms with Crippen molar-refractivity contribution in [3.05, 3.63) is 53.4 Å². The standard InChI is InChI=1S/C28H35NO3/c1-28-13-12-23-22-9-7-21(30)15-19(22)6-8-24(23)25(28)10-11-26(28)32-27(31)20-3-2-14-29(17-20)16-18-4-5-18/h2,7,9,14-15,17-18,23-26,30H,3-6,8,10-13,16H2,1H3/t23-,24-,25+,26-,28+/m1/s1. The molecular formula is C28H35NO3. The quantitative estimate of drug-likeness (QED) is 0.621. The lowest BCUT2D eigenvalue weighted by Gasteiger charge is -2.50. The van der Waals surface area contributed by atoms with E-state index in [9.17, 15) is 9.90 Å². The van der Waals surface area contributed by atoms with E-state index in [2.05, 4.69) is 30.2 Å². The number of hydrogen-bond donors (Lipinski definition) is 1.